The van der Waals surface area contributed by atoms with Crippen molar-refractivity contribution < 1.29 is 41.9 Å². The van der Waals surface area contributed by atoms with E-state index in [1.165, 1.54) is 18.7 Å². The Bertz CT molecular complexity index is 937. The van der Waals surface area contributed by atoms with Gasteiger partial charge < -0.3 is 25.6 Å². The van der Waals surface area contributed by atoms with E-state index in [1.54, 1.807) is 5.32 Å². The first-order valence-corrected chi connectivity index (χ1v) is 11.9. The molecular weight excluding hydrogens is 485 g/mol. The highest BCUT2D eigenvalue weighted by Crippen LogP contribution is 2.65. The summed E-state index contributed by atoms with van der Waals surface area (Å²) in [7, 11) is 1.15. The number of piperidine rings is 1. The standard InChI is InChI=1S/C23H33F3N4O6/c1-10(2)15(29-21(35)23(24,25)26)19(33)30-9-12-14(22(12,3)4)16(30)18(32)28-13(20(34)36-5)8-11-6-7-27-17(11)31/h10-16H,6-9H2,1-5H3,(H,27,31)(H,28,32)(H,29,35)/t11-,12-,13-,14-,15-,16-/m0/s1. The highest BCUT2D eigenvalue weighted by molar-refractivity contribution is 5.95. The molecule has 0 bridgehead atoms. The largest absolute Gasteiger partial charge is 0.471 e. The first-order chi connectivity index (χ1) is 16.6. The van der Waals surface area contributed by atoms with Crippen molar-refractivity contribution in [2.75, 3.05) is 20.2 Å². The van der Waals surface area contributed by atoms with Gasteiger partial charge in [-0.2, -0.15) is 13.2 Å². The summed E-state index contributed by atoms with van der Waals surface area (Å²) in [4.78, 5) is 64.0. The lowest BCUT2D eigenvalue weighted by atomic mass is 9.95. The van der Waals surface area contributed by atoms with Crippen LogP contribution in [-0.2, 0) is 28.7 Å². The van der Waals surface area contributed by atoms with Crippen LogP contribution in [0.15, 0.2) is 0 Å². The van der Waals surface area contributed by atoms with Crippen molar-refractivity contribution in [2.45, 2.75) is 64.8 Å². The predicted octanol–water partition coefficient (Wildman–Crippen LogP) is 0.357. The third-order valence-electron chi connectivity index (χ3n) is 7.72. The second-order valence-corrected chi connectivity index (χ2v) is 10.7. The molecule has 202 valence electrons. The van der Waals surface area contributed by atoms with E-state index in [2.05, 4.69) is 10.6 Å². The summed E-state index contributed by atoms with van der Waals surface area (Å²) in [6.07, 6.45) is -4.67. The second-order valence-electron chi connectivity index (χ2n) is 10.7. The van der Waals surface area contributed by atoms with Crippen molar-refractivity contribution in [3.05, 3.63) is 0 Å². The number of nitrogens with one attached hydrogen (secondary N) is 3. The van der Waals surface area contributed by atoms with Crippen LogP contribution in [0.4, 0.5) is 13.2 Å². The quantitative estimate of drug-likeness (QED) is 0.397. The minimum atomic E-state index is -5.17. The molecule has 10 nitrogen and oxygen atoms in total. The van der Waals surface area contributed by atoms with Gasteiger partial charge in [-0.15, -0.1) is 0 Å². The van der Waals surface area contributed by atoms with Crippen LogP contribution in [-0.4, -0.2) is 79.0 Å². The van der Waals surface area contributed by atoms with E-state index in [4.69, 9.17) is 4.74 Å². The average Bonchev–Trinajstić information content (AvgIpc) is 3.14. The zero-order chi connectivity index (χ0) is 27.2. The number of ether oxygens (including phenoxy) is 1. The van der Waals surface area contributed by atoms with Gasteiger partial charge in [0.1, 0.15) is 18.1 Å². The fourth-order valence-electron chi connectivity index (χ4n) is 5.50. The molecule has 2 saturated heterocycles. The minimum Gasteiger partial charge on any atom is -0.467 e. The molecule has 3 N–H and O–H groups in total. The first-order valence-electron chi connectivity index (χ1n) is 11.9. The number of nitrogens with zero attached hydrogens (tertiary/aromatic N) is 1. The van der Waals surface area contributed by atoms with Gasteiger partial charge in [0.15, 0.2) is 0 Å². The molecule has 2 heterocycles. The van der Waals surface area contributed by atoms with E-state index >= 15 is 0 Å². The maximum absolute atomic E-state index is 13.5. The average molecular weight is 519 g/mol. The number of rotatable bonds is 8. The molecule has 13 heteroatoms. The summed E-state index contributed by atoms with van der Waals surface area (Å²) < 4.78 is 43.4. The highest BCUT2D eigenvalue weighted by atomic mass is 19.4. The molecule has 0 aromatic carbocycles. The van der Waals surface area contributed by atoms with E-state index in [1.807, 2.05) is 13.8 Å². The molecule has 36 heavy (non-hydrogen) atoms. The summed E-state index contributed by atoms with van der Waals surface area (Å²) in [6.45, 7) is 7.43. The maximum atomic E-state index is 13.5. The summed E-state index contributed by atoms with van der Waals surface area (Å²) in [5.41, 5.74) is -0.298. The van der Waals surface area contributed by atoms with Crippen LogP contribution in [0, 0.1) is 29.1 Å². The Morgan fingerprint density at radius 1 is 1.19 bits per heavy atom. The van der Waals surface area contributed by atoms with Gasteiger partial charge in [-0.25, -0.2) is 4.79 Å². The Balaban J connectivity index is 1.82. The smallest absolute Gasteiger partial charge is 0.467 e. The van der Waals surface area contributed by atoms with Crippen molar-refractivity contribution in [1.82, 2.24) is 20.9 Å². The van der Waals surface area contributed by atoms with Crippen LogP contribution in [0.2, 0.25) is 0 Å². The van der Waals surface area contributed by atoms with Gasteiger partial charge in [-0.3, -0.25) is 19.2 Å². The molecular formula is C23H33F3N4O6. The number of amides is 4. The van der Waals surface area contributed by atoms with Crippen molar-refractivity contribution in [2.24, 2.45) is 29.1 Å². The zero-order valence-electron chi connectivity index (χ0n) is 20.9. The molecule has 0 aromatic rings. The molecule has 1 saturated carbocycles. The minimum absolute atomic E-state index is 0.0126. The number of halogens is 3. The maximum Gasteiger partial charge on any atom is 0.471 e. The Hall–Kier alpha value is -2.86. The third kappa shape index (κ3) is 5.29. The number of hydrogen-bond donors (Lipinski definition) is 3. The number of alkyl halides is 3. The molecule has 1 aliphatic carbocycles. The van der Waals surface area contributed by atoms with Gasteiger partial charge in [-0.05, 0) is 36.0 Å². The number of esters is 1. The molecule has 6 atom stereocenters. The number of carbonyl (C=O) groups is 5. The van der Waals surface area contributed by atoms with Crippen LogP contribution >= 0.6 is 0 Å². The zero-order valence-corrected chi connectivity index (χ0v) is 20.9. The summed E-state index contributed by atoms with van der Waals surface area (Å²) >= 11 is 0. The molecule has 0 spiro atoms. The molecule has 3 rings (SSSR count). The van der Waals surface area contributed by atoms with Crippen LogP contribution < -0.4 is 16.0 Å². The van der Waals surface area contributed by atoms with Crippen LogP contribution in [0.1, 0.15) is 40.5 Å². The molecule has 0 radical (unpaired) electrons. The van der Waals surface area contributed by atoms with Gasteiger partial charge in [0.2, 0.25) is 17.7 Å². The lowest BCUT2D eigenvalue weighted by Crippen LogP contribution is -2.59. The van der Waals surface area contributed by atoms with Crippen LogP contribution in [0.3, 0.4) is 0 Å². The van der Waals surface area contributed by atoms with E-state index < -0.39 is 59.8 Å². The summed E-state index contributed by atoms with van der Waals surface area (Å²) in [5, 5.41) is 7.04. The fourth-order valence-corrected chi connectivity index (χ4v) is 5.50. The van der Waals surface area contributed by atoms with E-state index in [0.29, 0.717) is 13.0 Å². The summed E-state index contributed by atoms with van der Waals surface area (Å²) in [6, 6.07) is -3.68. The topological polar surface area (TPSA) is 134 Å². The number of methoxy groups -OCH3 is 1. The molecule has 0 aromatic heterocycles. The molecule has 2 aliphatic heterocycles. The van der Waals surface area contributed by atoms with Crippen molar-refractivity contribution in [1.29, 1.82) is 0 Å². The predicted molar refractivity (Wildman–Crippen MR) is 119 cm³/mol. The normalized spacial score (nSPS) is 28.1. The van der Waals surface area contributed by atoms with Crippen molar-refractivity contribution in [3.63, 3.8) is 0 Å². The number of carbonyl (C=O) groups excluding carboxylic acids is 5. The number of likely N-dealkylation sites (tertiary alicyclic amines) is 1. The van der Waals surface area contributed by atoms with Crippen molar-refractivity contribution >= 4 is 29.6 Å². The second kappa shape index (κ2) is 9.89. The first kappa shape index (κ1) is 27.7. The molecule has 3 aliphatic rings. The van der Waals surface area contributed by atoms with Gasteiger partial charge in [0.25, 0.3) is 0 Å². The van der Waals surface area contributed by atoms with Gasteiger partial charge in [0, 0.05) is 19.0 Å². The van der Waals surface area contributed by atoms with Crippen molar-refractivity contribution in [3.8, 4) is 0 Å². The third-order valence-corrected chi connectivity index (χ3v) is 7.72. The Kier molecular flexibility index (Phi) is 7.62. The van der Waals surface area contributed by atoms with E-state index in [0.717, 1.165) is 7.11 Å². The Labute approximate surface area is 207 Å². The van der Waals surface area contributed by atoms with Crippen LogP contribution in [0.5, 0.6) is 0 Å². The SMILES string of the molecule is COC(=O)[C@H](C[C@@H]1CCNC1=O)NC(=O)[C@@H]1[C@@H]2[C@H](CN1C(=O)[C@@H](NC(=O)C(F)(F)F)C(C)C)C2(C)C. The Morgan fingerprint density at radius 2 is 1.83 bits per heavy atom. The Morgan fingerprint density at radius 3 is 2.33 bits per heavy atom. The van der Waals surface area contributed by atoms with Gasteiger partial charge in [0.05, 0.1) is 7.11 Å². The number of fused-ring (bicyclic) bond motifs is 1. The van der Waals surface area contributed by atoms with Gasteiger partial charge in [-0.1, -0.05) is 27.7 Å². The lowest BCUT2D eigenvalue weighted by Gasteiger charge is -2.35. The van der Waals surface area contributed by atoms with Gasteiger partial charge >= 0.3 is 18.1 Å². The molecule has 0 unspecified atom stereocenters. The molecule has 4 amide bonds. The highest BCUT2D eigenvalue weighted by Gasteiger charge is 2.69. The van der Waals surface area contributed by atoms with E-state index in [9.17, 15) is 37.1 Å². The molecule has 3 fully saturated rings. The lowest BCUT2D eigenvalue weighted by molar-refractivity contribution is -0.175. The fraction of sp³-hybridized carbons (Fsp3) is 0.783. The monoisotopic (exact) mass is 518 g/mol. The van der Waals surface area contributed by atoms with E-state index in [-0.39, 0.29) is 36.1 Å². The number of hydrogen-bond acceptors (Lipinski definition) is 6. The van der Waals surface area contributed by atoms with Crippen LogP contribution in [0.25, 0.3) is 0 Å². The summed E-state index contributed by atoms with van der Waals surface area (Å²) in [5.74, 6) is -6.19.